The van der Waals surface area contributed by atoms with E-state index < -0.39 is 30.3 Å². The van der Waals surface area contributed by atoms with Crippen LogP contribution in [0.25, 0.3) is 0 Å². The van der Waals surface area contributed by atoms with Gasteiger partial charge in [0.2, 0.25) is 5.91 Å². The van der Waals surface area contributed by atoms with Crippen molar-refractivity contribution in [2.24, 2.45) is 0 Å². The molecule has 0 aliphatic rings. The number of hydrogen-bond acceptors (Lipinski definition) is 4. The normalized spacial score (nSPS) is 11.5. The van der Waals surface area contributed by atoms with Crippen molar-refractivity contribution in [2.75, 3.05) is 6.61 Å². The zero-order valence-electron chi connectivity index (χ0n) is 10.9. The molecule has 8 heteroatoms. The van der Waals surface area contributed by atoms with Gasteiger partial charge in [-0.05, 0) is 18.2 Å². The molecule has 0 aromatic heterocycles. The van der Waals surface area contributed by atoms with Gasteiger partial charge in [-0.3, -0.25) is 9.59 Å². The molecular formula is C13H14BrNO6. The predicted molar refractivity (Wildman–Crippen MR) is 76.1 cm³/mol. The van der Waals surface area contributed by atoms with Crippen molar-refractivity contribution in [3.63, 3.8) is 0 Å². The van der Waals surface area contributed by atoms with E-state index in [4.69, 9.17) is 14.9 Å². The summed E-state index contributed by atoms with van der Waals surface area (Å²) in [5.74, 6) is -2.71. The molecule has 7 nitrogen and oxygen atoms in total. The van der Waals surface area contributed by atoms with E-state index >= 15 is 0 Å². The van der Waals surface area contributed by atoms with Crippen LogP contribution in [0.3, 0.4) is 0 Å². The zero-order valence-corrected chi connectivity index (χ0v) is 12.5. The topological polar surface area (TPSA) is 113 Å². The number of benzene rings is 1. The van der Waals surface area contributed by atoms with Gasteiger partial charge in [0.1, 0.15) is 11.8 Å². The molecule has 0 spiro atoms. The summed E-state index contributed by atoms with van der Waals surface area (Å²) in [4.78, 5) is 32.8. The van der Waals surface area contributed by atoms with Crippen molar-refractivity contribution in [3.05, 3.63) is 28.7 Å². The predicted octanol–water partition coefficient (Wildman–Crippen LogP) is 1.26. The molecule has 0 saturated heterocycles. The lowest BCUT2D eigenvalue weighted by atomic mass is 10.2. The van der Waals surface area contributed by atoms with Crippen molar-refractivity contribution in [3.8, 4) is 5.75 Å². The highest BCUT2D eigenvalue weighted by Gasteiger charge is 2.22. The number of amides is 1. The Morgan fingerprint density at radius 1 is 1.29 bits per heavy atom. The largest absolute Gasteiger partial charge is 0.493 e. The van der Waals surface area contributed by atoms with Crippen LogP contribution in [0.1, 0.15) is 12.8 Å². The molecule has 0 aliphatic heterocycles. The Bertz CT molecular complexity index is 533. The Labute approximate surface area is 129 Å². The van der Waals surface area contributed by atoms with Gasteiger partial charge in [0.25, 0.3) is 0 Å². The van der Waals surface area contributed by atoms with Crippen molar-refractivity contribution in [1.29, 1.82) is 0 Å². The monoisotopic (exact) mass is 359 g/mol. The third-order valence-corrected chi connectivity index (χ3v) is 2.90. The Morgan fingerprint density at radius 3 is 2.57 bits per heavy atom. The minimum Gasteiger partial charge on any atom is -0.493 e. The molecule has 0 radical (unpaired) electrons. The van der Waals surface area contributed by atoms with E-state index in [2.05, 4.69) is 21.2 Å². The number of rotatable bonds is 8. The summed E-state index contributed by atoms with van der Waals surface area (Å²) in [6.07, 6.45) is -0.747. The van der Waals surface area contributed by atoms with E-state index in [0.717, 1.165) is 4.47 Å². The fourth-order valence-corrected chi connectivity index (χ4v) is 1.84. The van der Waals surface area contributed by atoms with Crippen LogP contribution in [0.4, 0.5) is 0 Å². The summed E-state index contributed by atoms with van der Waals surface area (Å²) in [7, 11) is 0. The summed E-state index contributed by atoms with van der Waals surface area (Å²) in [5, 5.41) is 19.5. The number of carbonyl (C=O) groups is 3. The maximum absolute atomic E-state index is 11.5. The second kappa shape index (κ2) is 8.25. The number of carboxylic acids is 2. The highest BCUT2D eigenvalue weighted by Crippen LogP contribution is 2.17. The van der Waals surface area contributed by atoms with Crippen molar-refractivity contribution < 1.29 is 29.3 Å². The lowest BCUT2D eigenvalue weighted by Crippen LogP contribution is -2.42. The third-order valence-electron chi connectivity index (χ3n) is 2.41. The maximum atomic E-state index is 11.5. The number of ether oxygens (including phenoxy) is 1. The van der Waals surface area contributed by atoms with E-state index in [0.29, 0.717) is 5.75 Å². The lowest BCUT2D eigenvalue weighted by molar-refractivity contribution is -0.147. The van der Waals surface area contributed by atoms with Gasteiger partial charge in [-0.1, -0.05) is 22.0 Å². The second-order valence-corrected chi connectivity index (χ2v) is 5.03. The molecule has 1 rings (SSSR count). The lowest BCUT2D eigenvalue weighted by Gasteiger charge is -2.12. The standard InChI is InChI=1S/C13H14BrNO6/c14-8-2-1-3-9(6-8)21-5-4-11(16)15-10(13(19)20)7-12(17)18/h1-3,6,10H,4-5,7H2,(H,15,16)(H,17,18)(H,19,20)/t10-/m1/s1. The van der Waals surface area contributed by atoms with Crippen molar-refractivity contribution in [1.82, 2.24) is 5.32 Å². The van der Waals surface area contributed by atoms with Crippen LogP contribution in [-0.2, 0) is 14.4 Å². The molecule has 0 aliphatic carbocycles. The van der Waals surface area contributed by atoms with E-state index in [1.165, 1.54) is 0 Å². The summed E-state index contributed by atoms with van der Waals surface area (Å²) in [6.45, 7) is 0.0572. The average Bonchev–Trinajstić information content (AvgIpc) is 2.37. The van der Waals surface area contributed by atoms with Crippen LogP contribution < -0.4 is 10.1 Å². The average molecular weight is 360 g/mol. The first kappa shape index (κ1) is 17.0. The van der Waals surface area contributed by atoms with Crippen LogP contribution in [0.5, 0.6) is 5.75 Å². The molecule has 0 heterocycles. The Hall–Kier alpha value is -2.09. The highest BCUT2D eigenvalue weighted by molar-refractivity contribution is 9.10. The van der Waals surface area contributed by atoms with Gasteiger partial charge >= 0.3 is 11.9 Å². The minimum absolute atomic E-state index is 0.0572. The van der Waals surface area contributed by atoms with Crippen LogP contribution >= 0.6 is 15.9 Å². The molecule has 1 amide bonds. The van der Waals surface area contributed by atoms with E-state index in [9.17, 15) is 14.4 Å². The van der Waals surface area contributed by atoms with E-state index in [1.54, 1.807) is 18.2 Å². The maximum Gasteiger partial charge on any atom is 0.326 e. The first-order valence-corrected chi connectivity index (χ1v) is 6.80. The van der Waals surface area contributed by atoms with Gasteiger partial charge in [-0.25, -0.2) is 4.79 Å². The fourth-order valence-electron chi connectivity index (χ4n) is 1.46. The number of halogens is 1. The molecule has 0 fully saturated rings. The van der Waals surface area contributed by atoms with Gasteiger partial charge in [0.05, 0.1) is 19.4 Å². The van der Waals surface area contributed by atoms with Crippen LogP contribution in [-0.4, -0.2) is 40.7 Å². The SMILES string of the molecule is O=C(O)C[C@@H](NC(=O)CCOc1cccc(Br)c1)C(=O)O. The second-order valence-electron chi connectivity index (χ2n) is 4.11. The van der Waals surface area contributed by atoms with Gasteiger partial charge in [-0.15, -0.1) is 0 Å². The minimum atomic E-state index is -1.44. The molecule has 0 unspecified atom stereocenters. The number of aliphatic carboxylic acids is 2. The first-order valence-electron chi connectivity index (χ1n) is 6.01. The van der Waals surface area contributed by atoms with Gasteiger partial charge in [-0.2, -0.15) is 0 Å². The molecule has 114 valence electrons. The molecule has 1 aromatic rings. The fraction of sp³-hybridized carbons (Fsp3) is 0.308. The molecule has 21 heavy (non-hydrogen) atoms. The summed E-state index contributed by atoms with van der Waals surface area (Å²) in [6, 6.07) is 5.59. The molecular weight excluding hydrogens is 346 g/mol. The van der Waals surface area contributed by atoms with Crippen LogP contribution in [0.15, 0.2) is 28.7 Å². The summed E-state index contributed by atoms with van der Waals surface area (Å²) < 4.78 is 6.16. The Kier molecular flexibility index (Phi) is 6.67. The molecule has 1 atom stereocenters. The van der Waals surface area contributed by atoms with Crippen LogP contribution in [0.2, 0.25) is 0 Å². The number of hydrogen-bond donors (Lipinski definition) is 3. The molecule has 0 bridgehead atoms. The van der Waals surface area contributed by atoms with E-state index in [1.807, 2.05) is 6.07 Å². The highest BCUT2D eigenvalue weighted by atomic mass is 79.9. The van der Waals surface area contributed by atoms with Crippen LogP contribution in [0, 0.1) is 0 Å². The number of carboxylic acid groups (broad SMARTS) is 2. The number of nitrogens with one attached hydrogen (secondary N) is 1. The molecule has 1 aromatic carbocycles. The summed E-state index contributed by atoms with van der Waals surface area (Å²) >= 11 is 3.27. The van der Waals surface area contributed by atoms with Gasteiger partial charge < -0.3 is 20.3 Å². The first-order chi connectivity index (χ1) is 9.88. The van der Waals surface area contributed by atoms with Crippen molar-refractivity contribution in [2.45, 2.75) is 18.9 Å². The number of carbonyl (C=O) groups excluding carboxylic acids is 1. The molecule has 0 saturated carbocycles. The molecule has 3 N–H and O–H groups in total. The zero-order chi connectivity index (χ0) is 15.8. The quantitative estimate of drug-likeness (QED) is 0.643. The smallest absolute Gasteiger partial charge is 0.326 e. The van der Waals surface area contributed by atoms with Crippen molar-refractivity contribution >= 4 is 33.8 Å². The third kappa shape index (κ3) is 6.75. The summed E-state index contributed by atoms with van der Waals surface area (Å²) in [5.41, 5.74) is 0. The van der Waals surface area contributed by atoms with E-state index in [-0.39, 0.29) is 13.0 Å². The Morgan fingerprint density at radius 2 is 2.00 bits per heavy atom. The van der Waals surface area contributed by atoms with Gasteiger partial charge in [0, 0.05) is 4.47 Å². The Balaban J connectivity index is 2.39. The van der Waals surface area contributed by atoms with Gasteiger partial charge in [0.15, 0.2) is 0 Å².